The number of halogens is 3. The molecule has 5 rings (SSSR count). The second-order valence-corrected chi connectivity index (χ2v) is 9.29. The third-order valence-corrected chi connectivity index (χ3v) is 6.39. The molecule has 0 saturated heterocycles. The first kappa shape index (κ1) is 27.5. The van der Waals surface area contributed by atoms with Crippen molar-refractivity contribution in [3.05, 3.63) is 80.2 Å². The Balaban J connectivity index is 1.41. The van der Waals surface area contributed by atoms with Gasteiger partial charge >= 0.3 is 11.9 Å². The molecule has 1 aliphatic rings. The number of amidine groups is 1. The number of fused-ring (bicyclic) bond motifs is 1. The molecule has 214 valence electrons. The van der Waals surface area contributed by atoms with Crippen molar-refractivity contribution in [2.24, 2.45) is 12.0 Å². The van der Waals surface area contributed by atoms with Gasteiger partial charge in [-0.05, 0) is 38.5 Å². The Labute approximate surface area is 228 Å². The second-order valence-electron chi connectivity index (χ2n) is 9.29. The Morgan fingerprint density at radius 3 is 2.66 bits per heavy atom. The SMILES string of the molecule is Cc1noc(Cn2c(=O)c3c(ncn3[C@@H](C)C(=O)NC3C=CNC(c4cnc(C(F)(F)F)c(C)c4)=N3)n(C)c2=O)n1. The molecule has 5 heterocycles. The highest BCUT2D eigenvalue weighted by atomic mass is 19.4. The minimum atomic E-state index is -4.59. The van der Waals surface area contributed by atoms with Gasteiger partial charge in [-0.15, -0.1) is 0 Å². The van der Waals surface area contributed by atoms with Gasteiger partial charge in [-0.25, -0.2) is 19.3 Å². The Hall–Kier alpha value is -5.09. The standard InChI is InChI=1S/C24H23F3N10O4/c1-11-7-14(8-29-18(11)24(25,26)27)19-28-6-5-15(32-19)33-21(38)12(2)37-10-30-20-17(37)22(39)36(23(40)35(20)4)9-16-31-13(3)34-41-16/h5-8,10,12,15H,9H2,1-4H3,(H,28,32)(H,33,38)/t12-,15?/m0/s1. The number of aryl methyl sites for hydroxylation is 3. The van der Waals surface area contributed by atoms with Crippen LogP contribution in [-0.4, -0.2) is 51.7 Å². The number of hydrogen-bond acceptors (Lipinski definition) is 10. The lowest BCUT2D eigenvalue weighted by molar-refractivity contribution is -0.141. The van der Waals surface area contributed by atoms with Gasteiger partial charge in [-0.3, -0.25) is 19.1 Å². The number of alkyl halides is 3. The molecule has 2 N–H and O–H groups in total. The lowest BCUT2D eigenvalue weighted by Gasteiger charge is -2.21. The molecule has 1 aliphatic heterocycles. The highest BCUT2D eigenvalue weighted by molar-refractivity contribution is 6.00. The molecule has 0 aliphatic carbocycles. The van der Waals surface area contributed by atoms with Crippen LogP contribution in [0.4, 0.5) is 13.2 Å². The zero-order chi connectivity index (χ0) is 29.6. The van der Waals surface area contributed by atoms with Crippen LogP contribution in [0, 0.1) is 13.8 Å². The molecule has 4 aromatic rings. The van der Waals surface area contributed by atoms with Gasteiger partial charge in [0.15, 0.2) is 17.0 Å². The van der Waals surface area contributed by atoms with Crippen LogP contribution in [0.25, 0.3) is 11.2 Å². The van der Waals surface area contributed by atoms with Crippen molar-refractivity contribution in [1.29, 1.82) is 0 Å². The molecule has 4 aromatic heterocycles. The Morgan fingerprint density at radius 2 is 2.00 bits per heavy atom. The van der Waals surface area contributed by atoms with Gasteiger partial charge in [0, 0.05) is 25.0 Å². The average molecular weight is 573 g/mol. The van der Waals surface area contributed by atoms with E-state index in [2.05, 4.69) is 35.7 Å². The number of aromatic nitrogens is 7. The average Bonchev–Trinajstić information content (AvgIpc) is 3.55. The van der Waals surface area contributed by atoms with Crippen LogP contribution in [0.2, 0.25) is 0 Å². The minimum Gasteiger partial charge on any atom is -0.347 e. The molecule has 1 unspecified atom stereocenters. The monoisotopic (exact) mass is 572 g/mol. The van der Waals surface area contributed by atoms with Crippen molar-refractivity contribution in [2.45, 2.75) is 45.7 Å². The van der Waals surface area contributed by atoms with Crippen LogP contribution < -0.4 is 21.9 Å². The predicted octanol–water partition coefficient (Wildman–Crippen LogP) is 0.926. The van der Waals surface area contributed by atoms with Crippen molar-refractivity contribution < 1.29 is 22.5 Å². The lowest BCUT2D eigenvalue weighted by atomic mass is 10.1. The summed E-state index contributed by atoms with van der Waals surface area (Å²) in [6, 6.07) is 0.325. The van der Waals surface area contributed by atoms with Crippen molar-refractivity contribution >= 4 is 22.9 Å². The number of carbonyl (C=O) groups excluding carboxylic acids is 1. The second kappa shape index (κ2) is 10.1. The minimum absolute atomic E-state index is 0.00216. The maximum absolute atomic E-state index is 13.4. The molecule has 0 radical (unpaired) electrons. The van der Waals surface area contributed by atoms with Crippen LogP contribution in [0.3, 0.4) is 0 Å². The van der Waals surface area contributed by atoms with Crippen LogP contribution in [-0.2, 0) is 24.6 Å². The highest BCUT2D eigenvalue weighted by Gasteiger charge is 2.34. The number of imidazole rings is 1. The van der Waals surface area contributed by atoms with Crippen molar-refractivity contribution in [3.63, 3.8) is 0 Å². The van der Waals surface area contributed by atoms with E-state index in [1.165, 1.54) is 54.7 Å². The van der Waals surface area contributed by atoms with E-state index < -0.39 is 41.2 Å². The third kappa shape index (κ3) is 5.12. The molecular weight excluding hydrogens is 549 g/mol. The molecule has 0 bridgehead atoms. The Bertz CT molecular complexity index is 1850. The van der Waals surface area contributed by atoms with Gasteiger partial charge in [0.1, 0.15) is 30.3 Å². The third-order valence-electron chi connectivity index (χ3n) is 6.39. The van der Waals surface area contributed by atoms with E-state index in [-0.39, 0.29) is 35.0 Å². The zero-order valence-electron chi connectivity index (χ0n) is 22.1. The van der Waals surface area contributed by atoms with E-state index in [1.807, 2.05) is 0 Å². The predicted molar refractivity (Wildman–Crippen MR) is 137 cm³/mol. The first-order chi connectivity index (χ1) is 19.3. The van der Waals surface area contributed by atoms with Crippen molar-refractivity contribution in [3.8, 4) is 0 Å². The van der Waals surface area contributed by atoms with E-state index in [0.717, 1.165) is 10.8 Å². The number of carbonyl (C=O) groups is 1. The lowest BCUT2D eigenvalue weighted by Crippen LogP contribution is -2.42. The first-order valence-corrected chi connectivity index (χ1v) is 12.2. The molecular formula is C24H23F3N10O4. The molecule has 0 spiro atoms. The van der Waals surface area contributed by atoms with Crippen LogP contribution >= 0.6 is 0 Å². The maximum Gasteiger partial charge on any atom is 0.433 e. The van der Waals surface area contributed by atoms with Crippen LogP contribution in [0.1, 0.15) is 41.5 Å². The maximum atomic E-state index is 13.4. The number of aliphatic imine (C=N–C) groups is 1. The van der Waals surface area contributed by atoms with Gasteiger partial charge in [-0.2, -0.15) is 18.2 Å². The number of nitrogens with zero attached hydrogens (tertiary/aromatic N) is 8. The highest BCUT2D eigenvalue weighted by Crippen LogP contribution is 2.30. The number of pyridine rings is 1. The number of amides is 1. The normalized spacial score (nSPS) is 16.0. The summed E-state index contributed by atoms with van der Waals surface area (Å²) < 4.78 is 47.7. The number of nitrogens with one attached hydrogen (secondary N) is 2. The fraction of sp³-hybridized carbons (Fsp3) is 0.333. The molecule has 0 saturated carbocycles. The van der Waals surface area contributed by atoms with Gasteiger partial charge < -0.3 is 19.7 Å². The van der Waals surface area contributed by atoms with Crippen LogP contribution in [0.15, 0.2) is 50.0 Å². The van der Waals surface area contributed by atoms with Crippen molar-refractivity contribution in [1.82, 2.24) is 44.4 Å². The molecule has 2 atom stereocenters. The van der Waals surface area contributed by atoms with Gasteiger partial charge in [-0.1, -0.05) is 5.16 Å². The molecule has 0 aromatic carbocycles. The largest absolute Gasteiger partial charge is 0.433 e. The Morgan fingerprint density at radius 1 is 1.24 bits per heavy atom. The summed E-state index contributed by atoms with van der Waals surface area (Å²) in [5.41, 5.74) is -2.07. The summed E-state index contributed by atoms with van der Waals surface area (Å²) in [7, 11) is 1.44. The van der Waals surface area contributed by atoms with E-state index in [9.17, 15) is 27.6 Å². The van der Waals surface area contributed by atoms with E-state index >= 15 is 0 Å². The van der Waals surface area contributed by atoms with Gasteiger partial charge in [0.25, 0.3) is 5.56 Å². The number of rotatable bonds is 6. The summed E-state index contributed by atoms with van der Waals surface area (Å²) in [6.07, 6.45) is -0.111. The van der Waals surface area contributed by atoms with Crippen LogP contribution in [0.5, 0.6) is 0 Å². The Kier molecular flexibility index (Phi) is 6.80. The number of hydrogen-bond donors (Lipinski definition) is 2. The molecule has 14 nitrogen and oxygen atoms in total. The summed E-state index contributed by atoms with van der Waals surface area (Å²) in [6.45, 7) is 4.15. The van der Waals surface area contributed by atoms with E-state index in [1.54, 1.807) is 6.92 Å². The fourth-order valence-corrected chi connectivity index (χ4v) is 4.33. The fourth-order valence-electron chi connectivity index (χ4n) is 4.33. The quantitative estimate of drug-likeness (QED) is 0.342. The zero-order valence-corrected chi connectivity index (χ0v) is 22.1. The summed E-state index contributed by atoms with van der Waals surface area (Å²) in [5, 5.41) is 9.21. The van der Waals surface area contributed by atoms with E-state index in [0.29, 0.717) is 11.4 Å². The summed E-state index contributed by atoms with van der Waals surface area (Å²) >= 11 is 0. The van der Waals surface area contributed by atoms with Gasteiger partial charge in [0.05, 0.1) is 6.33 Å². The molecule has 0 fully saturated rings. The van der Waals surface area contributed by atoms with E-state index in [4.69, 9.17) is 4.52 Å². The molecule has 17 heteroatoms. The van der Waals surface area contributed by atoms with Crippen molar-refractivity contribution in [2.75, 3.05) is 0 Å². The topological polar surface area (TPSA) is 167 Å². The van der Waals surface area contributed by atoms with Gasteiger partial charge in [0.2, 0.25) is 11.8 Å². The smallest absolute Gasteiger partial charge is 0.347 e. The summed E-state index contributed by atoms with van der Waals surface area (Å²) in [4.78, 5) is 55.5. The first-order valence-electron chi connectivity index (χ1n) is 12.2. The molecule has 41 heavy (non-hydrogen) atoms. The summed E-state index contributed by atoms with van der Waals surface area (Å²) in [5.74, 6) is 0.0569. The molecule has 1 amide bonds.